The molecule has 1 rings (SSSR count). The third-order valence-corrected chi connectivity index (χ3v) is 3.98. The molecule has 134 valence electrons. The van der Waals surface area contributed by atoms with Gasteiger partial charge in [-0.05, 0) is 18.9 Å². The van der Waals surface area contributed by atoms with Crippen molar-refractivity contribution in [2.45, 2.75) is 64.2 Å². The highest BCUT2D eigenvalue weighted by Gasteiger charge is 2.26. The zero-order valence-corrected chi connectivity index (χ0v) is 14.5. The first-order valence-corrected chi connectivity index (χ1v) is 8.60. The molecule has 0 aliphatic rings. The lowest BCUT2D eigenvalue weighted by molar-refractivity contribution is -0.493. The average molecular weight is 336 g/mol. The molecule has 0 unspecified atom stereocenters. The quantitative estimate of drug-likeness (QED) is 0.259. The largest absolute Gasteiger partial charge is 0.361 e. The Balaban J connectivity index is 2.80. The fourth-order valence-electron chi connectivity index (χ4n) is 2.70. The van der Waals surface area contributed by atoms with Gasteiger partial charge < -0.3 is 10.1 Å². The van der Waals surface area contributed by atoms with Gasteiger partial charge in [0.15, 0.2) is 0 Å². The van der Waals surface area contributed by atoms with E-state index in [9.17, 15) is 14.9 Å². The molecule has 0 heterocycles. The van der Waals surface area contributed by atoms with Crippen LogP contribution in [0.4, 0.5) is 0 Å². The molecule has 1 N–H and O–H groups in total. The molecule has 0 aliphatic carbocycles. The summed E-state index contributed by atoms with van der Waals surface area (Å²) in [7, 11) is 0. The van der Waals surface area contributed by atoms with Gasteiger partial charge in [0.1, 0.15) is 12.2 Å². The smallest absolute Gasteiger partial charge is 0.229 e. The zero-order valence-electron chi connectivity index (χ0n) is 14.5. The van der Waals surface area contributed by atoms with Crippen molar-refractivity contribution < 1.29 is 14.5 Å². The molecule has 1 aromatic carbocycles. The third kappa shape index (κ3) is 7.55. The predicted octanol–water partition coefficient (Wildman–Crippen LogP) is 3.49. The molecule has 0 fully saturated rings. The maximum Gasteiger partial charge on any atom is 0.229 e. The van der Waals surface area contributed by atoms with Gasteiger partial charge in [-0.2, -0.15) is 0 Å². The highest BCUT2D eigenvalue weighted by molar-refractivity contribution is 5.47. The number of amides is 1. The first-order chi connectivity index (χ1) is 11.6. The van der Waals surface area contributed by atoms with Crippen LogP contribution in [0.3, 0.4) is 0 Å². The first kappa shape index (κ1) is 20.1. The molecule has 0 aromatic heterocycles. The van der Waals surface area contributed by atoms with Crippen molar-refractivity contribution in [1.29, 1.82) is 0 Å². The Kier molecular flexibility index (Phi) is 9.68. The number of ether oxygens (including phenoxy) is 1. The number of unbranched alkanes of at least 4 members (excludes halogenated alkanes) is 3. The lowest BCUT2D eigenvalue weighted by atomic mass is 10.0. The Labute approximate surface area is 143 Å². The second-order valence-electron chi connectivity index (χ2n) is 6.03. The SMILES string of the molecule is CCCCCC[C@H](C[N+](=O)[O-])O[C@@H](c1ccccc1)[C@H](C)NC=O. The Morgan fingerprint density at radius 3 is 2.54 bits per heavy atom. The Hall–Kier alpha value is -1.95. The summed E-state index contributed by atoms with van der Waals surface area (Å²) in [5, 5.41) is 13.7. The first-order valence-electron chi connectivity index (χ1n) is 8.60. The van der Waals surface area contributed by atoms with Crippen LogP contribution < -0.4 is 5.32 Å². The number of nitrogens with zero attached hydrogens (tertiary/aromatic N) is 1. The minimum Gasteiger partial charge on any atom is -0.361 e. The molecule has 3 atom stereocenters. The summed E-state index contributed by atoms with van der Waals surface area (Å²) >= 11 is 0. The number of carbonyl (C=O) groups is 1. The number of nitro groups is 1. The van der Waals surface area contributed by atoms with Crippen LogP contribution in [-0.4, -0.2) is 30.0 Å². The second-order valence-corrected chi connectivity index (χ2v) is 6.03. The van der Waals surface area contributed by atoms with E-state index in [-0.39, 0.29) is 17.5 Å². The topological polar surface area (TPSA) is 81.5 Å². The number of hydrogen-bond acceptors (Lipinski definition) is 4. The Morgan fingerprint density at radius 1 is 1.25 bits per heavy atom. The van der Waals surface area contributed by atoms with Crippen LogP contribution in [0.15, 0.2) is 30.3 Å². The summed E-state index contributed by atoms with van der Waals surface area (Å²) in [4.78, 5) is 21.4. The molecular formula is C18H28N2O4. The van der Waals surface area contributed by atoms with E-state index in [4.69, 9.17) is 4.74 Å². The third-order valence-electron chi connectivity index (χ3n) is 3.98. The van der Waals surface area contributed by atoms with E-state index >= 15 is 0 Å². The Morgan fingerprint density at radius 2 is 1.96 bits per heavy atom. The molecule has 6 heteroatoms. The maximum atomic E-state index is 11.0. The Bertz CT molecular complexity index is 481. The van der Waals surface area contributed by atoms with E-state index in [0.717, 1.165) is 31.2 Å². The van der Waals surface area contributed by atoms with Crippen LogP contribution in [-0.2, 0) is 9.53 Å². The maximum absolute atomic E-state index is 11.0. The highest BCUT2D eigenvalue weighted by atomic mass is 16.6. The molecule has 0 saturated carbocycles. The molecule has 24 heavy (non-hydrogen) atoms. The summed E-state index contributed by atoms with van der Waals surface area (Å²) in [5.74, 6) is 0. The van der Waals surface area contributed by atoms with E-state index in [0.29, 0.717) is 12.8 Å². The van der Waals surface area contributed by atoms with Gasteiger partial charge in [-0.25, -0.2) is 0 Å². The van der Waals surface area contributed by atoms with Crippen molar-refractivity contribution >= 4 is 6.41 Å². The molecule has 1 amide bonds. The summed E-state index contributed by atoms with van der Waals surface area (Å²) < 4.78 is 6.08. The van der Waals surface area contributed by atoms with Crippen LogP contribution in [0.5, 0.6) is 0 Å². The second kappa shape index (κ2) is 11.6. The highest BCUT2D eigenvalue weighted by Crippen LogP contribution is 2.25. The molecule has 0 aliphatic heterocycles. The summed E-state index contributed by atoms with van der Waals surface area (Å²) in [6, 6.07) is 9.24. The molecule has 0 radical (unpaired) electrons. The average Bonchev–Trinajstić information content (AvgIpc) is 2.56. The monoisotopic (exact) mass is 336 g/mol. The van der Waals surface area contributed by atoms with Crippen LogP contribution in [0.2, 0.25) is 0 Å². The van der Waals surface area contributed by atoms with Crippen LogP contribution >= 0.6 is 0 Å². The number of hydrogen-bond donors (Lipinski definition) is 1. The minimum atomic E-state index is -0.460. The molecule has 6 nitrogen and oxygen atoms in total. The van der Waals surface area contributed by atoms with E-state index in [2.05, 4.69) is 12.2 Å². The van der Waals surface area contributed by atoms with E-state index in [1.807, 2.05) is 37.3 Å². The molecule has 0 spiro atoms. The van der Waals surface area contributed by atoms with Gasteiger partial charge >= 0.3 is 0 Å². The predicted molar refractivity (Wildman–Crippen MR) is 93.3 cm³/mol. The summed E-state index contributed by atoms with van der Waals surface area (Å²) in [6.45, 7) is 3.75. The van der Waals surface area contributed by atoms with Crippen molar-refractivity contribution in [3.8, 4) is 0 Å². The van der Waals surface area contributed by atoms with Crippen LogP contribution in [0.25, 0.3) is 0 Å². The van der Waals surface area contributed by atoms with Gasteiger partial charge in [-0.15, -0.1) is 0 Å². The van der Waals surface area contributed by atoms with Gasteiger partial charge in [-0.1, -0.05) is 62.9 Å². The molecular weight excluding hydrogens is 308 g/mol. The lowest BCUT2D eigenvalue weighted by Gasteiger charge is -2.28. The molecule has 0 saturated heterocycles. The van der Waals surface area contributed by atoms with Crippen molar-refractivity contribution in [2.24, 2.45) is 0 Å². The summed E-state index contributed by atoms with van der Waals surface area (Å²) in [6.07, 6.45) is 4.61. The van der Waals surface area contributed by atoms with E-state index in [1.54, 1.807) is 0 Å². The number of carbonyl (C=O) groups excluding carboxylic acids is 1. The van der Waals surface area contributed by atoms with E-state index in [1.165, 1.54) is 0 Å². The van der Waals surface area contributed by atoms with Crippen molar-refractivity contribution in [3.05, 3.63) is 46.0 Å². The number of benzene rings is 1. The van der Waals surface area contributed by atoms with Gasteiger partial charge in [0, 0.05) is 4.92 Å². The standard InChI is InChI=1S/C18H28N2O4/c1-3-4-5-9-12-17(13-20(22)23)24-18(15(2)19-14-21)16-10-7-6-8-11-16/h6-8,10-11,14-15,17-18H,3-5,9,12-13H2,1-2H3,(H,19,21)/t15-,17+,18+/m0/s1. The van der Waals surface area contributed by atoms with Gasteiger partial charge in [-0.3, -0.25) is 14.9 Å². The fraction of sp³-hybridized carbons (Fsp3) is 0.611. The van der Waals surface area contributed by atoms with Gasteiger partial charge in [0.2, 0.25) is 13.0 Å². The van der Waals surface area contributed by atoms with Gasteiger partial charge in [0.25, 0.3) is 0 Å². The van der Waals surface area contributed by atoms with Crippen molar-refractivity contribution in [2.75, 3.05) is 6.54 Å². The number of nitrogens with one attached hydrogen (secondary N) is 1. The minimum absolute atomic E-state index is 0.219. The fourth-order valence-corrected chi connectivity index (χ4v) is 2.70. The molecule has 0 bridgehead atoms. The van der Waals surface area contributed by atoms with Gasteiger partial charge in [0.05, 0.1) is 6.04 Å². The molecule has 1 aromatic rings. The van der Waals surface area contributed by atoms with Crippen LogP contribution in [0, 0.1) is 10.1 Å². The lowest BCUT2D eigenvalue weighted by Crippen LogP contribution is -2.36. The van der Waals surface area contributed by atoms with Crippen molar-refractivity contribution in [1.82, 2.24) is 5.32 Å². The number of rotatable bonds is 13. The summed E-state index contributed by atoms with van der Waals surface area (Å²) in [5.41, 5.74) is 0.904. The zero-order chi connectivity index (χ0) is 17.8. The van der Waals surface area contributed by atoms with Crippen molar-refractivity contribution in [3.63, 3.8) is 0 Å². The van der Waals surface area contributed by atoms with Crippen LogP contribution in [0.1, 0.15) is 57.6 Å². The normalized spacial score (nSPS) is 14.6. The van der Waals surface area contributed by atoms with E-state index < -0.39 is 12.2 Å².